The zero-order valence-electron chi connectivity index (χ0n) is 22.0. The molecule has 0 heterocycles. The Hall–Kier alpha value is -2.12. The monoisotopic (exact) mass is 479 g/mol. The zero-order chi connectivity index (χ0) is 25.3. The summed E-state index contributed by atoms with van der Waals surface area (Å²) >= 11 is 0. The molecule has 0 spiro atoms. The molecule has 1 aliphatic carbocycles. The van der Waals surface area contributed by atoms with Gasteiger partial charge in [-0.1, -0.05) is 84.2 Å². The first-order valence-electron chi connectivity index (χ1n) is 12.8. The SMILES string of the molecule is CCc1cccc(CC)c1C(=O)C1([P](=O)C(=O)c2c(C)cc(C(C)(C)C)cc2C)CCCCC1. The molecular formula is C30H40O3P. The quantitative estimate of drug-likeness (QED) is 0.296. The van der Waals surface area contributed by atoms with E-state index in [2.05, 4.69) is 20.8 Å². The number of ketones is 1. The van der Waals surface area contributed by atoms with Crippen LogP contribution in [0.15, 0.2) is 30.3 Å². The summed E-state index contributed by atoms with van der Waals surface area (Å²) in [6.45, 7) is 14.4. The Morgan fingerprint density at radius 1 is 0.882 bits per heavy atom. The number of carbonyl (C=O) groups is 2. The van der Waals surface area contributed by atoms with Crippen LogP contribution in [0.3, 0.4) is 0 Å². The van der Waals surface area contributed by atoms with Crippen molar-refractivity contribution in [2.24, 2.45) is 0 Å². The summed E-state index contributed by atoms with van der Waals surface area (Å²) in [5, 5.41) is -1.11. The average molecular weight is 480 g/mol. The first kappa shape index (κ1) is 26.5. The summed E-state index contributed by atoms with van der Waals surface area (Å²) in [6.07, 6.45) is 5.19. The van der Waals surface area contributed by atoms with Crippen molar-refractivity contribution < 1.29 is 14.2 Å². The van der Waals surface area contributed by atoms with Crippen LogP contribution in [-0.4, -0.2) is 16.5 Å². The molecular weight excluding hydrogens is 439 g/mol. The number of benzene rings is 2. The second kappa shape index (κ2) is 10.2. The topological polar surface area (TPSA) is 51.2 Å². The first-order chi connectivity index (χ1) is 16.0. The molecule has 0 aliphatic heterocycles. The van der Waals surface area contributed by atoms with Crippen molar-refractivity contribution in [3.63, 3.8) is 0 Å². The van der Waals surface area contributed by atoms with Crippen LogP contribution in [0, 0.1) is 13.8 Å². The minimum atomic E-state index is -2.43. The van der Waals surface area contributed by atoms with Crippen LogP contribution in [-0.2, 0) is 22.8 Å². The summed E-state index contributed by atoms with van der Waals surface area (Å²) in [5.41, 5.74) is 5.68. The number of Topliss-reactive ketones (excluding diaryl/α,β-unsaturated/α-hetero) is 1. The molecule has 2 aromatic rings. The van der Waals surface area contributed by atoms with Crippen molar-refractivity contribution in [1.82, 2.24) is 0 Å². The maximum atomic E-state index is 14.3. The molecule has 183 valence electrons. The Morgan fingerprint density at radius 2 is 1.38 bits per heavy atom. The van der Waals surface area contributed by atoms with Gasteiger partial charge in [0.2, 0.25) is 5.52 Å². The fourth-order valence-corrected chi connectivity index (χ4v) is 7.42. The van der Waals surface area contributed by atoms with Crippen LogP contribution in [0.2, 0.25) is 0 Å². The predicted octanol–water partition coefficient (Wildman–Crippen LogP) is 8.28. The fraction of sp³-hybridized carbons (Fsp3) is 0.533. The van der Waals surface area contributed by atoms with Crippen molar-refractivity contribution in [3.05, 3.63) is 69.3 Å². The molecule has 0 N–H and O–H groups in total. The van der Waals surface area contributed by atoms with Crippen LogP contribution in [0.25, 0.3) is 0 Å². The Morgan fingerprint density at radius 3 is 1.82 bits per heavy atom. The maximum Gasteiger partial charge on any atom is 0.243 e. The number of aryl methyl sites for hydroxylation is 4. The molecule has 1 fully saturated rings. The molecule has 2 aromatic carbocycles. The molecule has 0 amide bonds. The average Bonchev–Trinajstić information content (AvgIpc) is 2.81. The van der Waals surface area contributed by atoms with Crippen LogP contribution < -0.4 is 0 Å². The van der Waals surface area contributed by atoms with Gasteiger partial charge in [0, 0.05) is 11.1 Å². The van der Waals surface area contributed by atoms with Gasteiger partial charge in [-0.2, -0.15) is 0 Å². The molecule has 1 unspecified atom stereocenters. The molecule has 3 rings (SSSR count). The van der Waals surface area contributed by atoms with E-state index in [0.29, 0.717) is 24.0 Å². The molecule has 0 saturated heterocycles. The van der Waals surface area contributed by atoms with Crippen LogP contribution in [0.5, 0.6) is 0 Å². The molecule has 1 saturated carbocycles. The molecule has 1 aliphatic rings. The Bertz CT molecular complexity index is 1070. The fourth-order valence-electron chi connectivity index (χ4n) is 5.46. The molecule has 1 radical (unpaired) electrons. The highest BCUT2D eigenvalue weighted by molar-refractivity contribution is 7.67. The van der Waals surface area contributed by atoms with Crippen molar-refractivity contribution in [2.75, 3.05) is 0 Å². The normalized spacial score (nSPS) is 16.3. The Kier molecular flexibility index (Phi) is 7.98. The second-order valence-corrected chi connectivity index (χ2v) is 12.8. The van der Waals surface area contributed by atoms with Gasteiger partial charge in [-0.05, 0) is 72.8 Å². The summed E-state index contributed by atoms with van der Waals surface area (Å²) in [5.74, 6) is -0.0717. The van der Waals surface area contributed by atoms with Gasteiger partial charge in [-0.3, -0.25) is 14.2 Å². The summed E-state index contributed by atoms with van der Waals surface area (Å²) in [4.78, 5) is 28.1. The summed E-state index contributed by atoms with van der Waals surface area (Å²) in [7, 11) is -2.43. The van der Waals surface area contributed by atoms with Gasteiger partial charge < -0.3 is 0 Å². The second-order valence-electron chi connectivity index (χ2n) is 10.9. The highest BCUT2D eigenvalue weighted by Crippen LogP contribution is 2.53. The van der Waals surface area contributed by atoms with E-state index in [1.54, 1.807) is 0 Å². The van der Waals surface area contributed by atoms with Crippen molar-refractivity contribution >= 4 is 19.1 Å². The van der Waals surface area contributed by atoms with Gasteiger partial charge in [0.1, 0.15) is 5.16 Å². The molecule has 34 heavy (non-hydrogen) atoms. The third kappa shape index (κ3) is 4.82. The van der Waals surface area contributed by atoms with E-state index in [4.69, 9.17) is 0 Å². The highest BCUT2D eigenvalue weighted by Gasteiger charge is 2.50. The smallest absolute Gasteiger partial charge is 0.243 e. The van der Waals surface area contributed by atoms with Gasteiger partial charge in [-0.25, -0.2) is 0 Å². The maximum absolute atomic E-state index is 14.3. The molecule has 4 heteroatoms. The lowest BCUT2D eigenvalue weighted by molar-refractivity contribution is 0.0901. The summed E-state index contributed by atoms with van der Waals surface area (Å²) in [6, 6.07) is 10.1. The van der Waals surface area contributed by atoms with Crippen molar-refractivity contribution in [3.8, 4) is 0 Å². The third-order valence-corrected chi connectivity index (χ3v) is 9.54. The van der Waals surface area contributed by atoms with Crippen LogP contribution in [0.1, 0.15) is 115 Å². The third-order valence-electron chi connectivity index (χ3n) is 7.52. The lowest BCUT2D eigenvalue weighted by atomic mass is 9.80. The summed E-state index contributed by atoms with van der Waals surface area (Å²) < 4.78 is 14.2. The minimum absolute atomic E-state index is 0.0414. The molecule has 0 bridgehead atoms. The standard InChI is InChI=1S/C30H40O3P/c1-8-22-14-13-15-23(9-2)26(22)27(31)30(16-11-10-12-17-30)34(33)28(32)25-20(3)18-24(19-21(25)4)29(5,6)7/h13-15,18-19H,8-12,16-17H2,1-7H3. The number of rotatable bonds is 7. The van der Waals surface area contributed by atoms with E-state index in [1.807, 2.05) is 58.0 Å². The van der Waals surface area contributed by atoms with E-state index in [0.717, 1.165) is 59.9 Å². The minimum Gasteiger partial charge on any atom is -0.293 e. The zero-order valence-corrected chi connectivity index (χ0v) is 22.9. The predicted molar refractivity (Wildman–Crippen MR) is 142 cm³/mol. The van der Waals surface area contributed by atoms with E-state index in [-0.39, 0.29) is 16.7 Å². The Labute approximate surface area is 206 Å². The van der Waals surface area contributed by atoms with Gasteiger partial charge in [-0.15, -0.1) is 0 Å². The van der Waals surface area contributed by atoms with E-state index < -0.39 is 13.0 Å². The van der Waals surface area contributed by atoms with Gasteiger partial charge in [0.05, 0.1) is 0 Å². The lowest BCUT2D eigenvalue weighted by Gasteiger charge is -2.35. The highest BCUT2D eigenvalue weighted by atomic mass is 31.1. The van der Waals surface area contributed by atoms with Crippen molar-refractivity contribution in [2.45, 2.75) is 104 Å². The molecule has 0 aromatic heterocycles. The van der Waals surface area contributed by atoms with Gasteiger partial charge >= 0.3 is 0 Å². The molecule has 3 nitrogen and oxygen atoms in total. The largest absolute Gasteiger partial charge is 0.293 e. The van der Waals surface area contributed by atoms with Crippen molar-refractivity contribution in [1.29, 1.82) is 0 Å². The van der Waals surface area contributed by atoms with E-state index in [9.17, 15) is 14.2 Å². The van der Waals surface area contributed by atoms with E-state index in [1.165, 1.54) is 0 Å². The number of carbonyl (C=O) groups excluding carboxylic acids is 2. The lowest BCUT2D eigenvalue weighted by Crippen LogP contribution is -2.40. The first-order valence-corrected chi connectivity index (χ1v) is 14.0. The van der Waals surface area contributed by atoms with E-state index >= 15 is 0 Å². The molecule has 1 atom stereocenters. The number of hydrogen-bond acceptors (Lipinski definition) is 3. The van der Waals surface area contributed by atoms with Crippen LogP contribution in [0.4, 0.5) is 0 Å². The number of hydrogen-bond donors (Lipinski definition) is 0. The Balaban J connectivity index is 2.12. The van der Waals surface area contributed by atoms with Gasteiger partial charge in [0.15, 0.2) is 13.6 Å². The van der Waals surface area contributed by atoms with Crippen LogP contribution >= 0.6 is 7.80 Å². The van der Waals surface area contributed by atoms with Gasteiger partial charge in [0.25, 0.3) is 0 Å².